The Morgan fingerprint density at radius 3 is 2.46 bits per heavy atom. The Kier molecular flexibility index (Phi) is 5.10. The third-order valence-electron chi connectivity index (χ3n) is 4.28. The maximum atomic E-state index is 12.4. The lowest BCUT2D eigenvalue weighted by Gasteiger charge is -2.25. The summed E-state index contributed by atoms with van der Waals surface area (Å²) >= 11 is 1.63. The number of hydrogen-bond acceptors (Lipinski definition) is 3. The molecule has 0 spiro atoms. The van der Waals surface area contributed by atoms with Crippen LogP contribution in [0.4, 0.5) is 11.4 Å². The maximum absolute atomic E-state index is 12.4. The van der Waals surface area contributed by atoms with Crippen molar-refractivity contribution in [3.63, 3.8) is 0 Å². The van der Waals surface area contributed by atoms with Crippen LogP contribution in [0.25, 0.3) is 0 Å². The second-order valence-corrected chi connectivity index (χ2v) is 8.66. The van der Waals surface area contributed by atoms with Crippen LogP contribution in [0.15, 0.2) is 48.5 Å². The highest BCUT2D eigenvalue weighted by atomic mass is 32.2. The van der Waals surface area contributed by atoms with Crippen LogP contribution >= 0.6 is 11.8 Å². The summed E-state index contributed by atoms with van der Waals surface area (Å²) in [6.45, 7) is 7.69. The molecule has 1 aliphatic rings. The highest BCUT2D eigenvalue weighted by Crippen LogP contribution is 2.42. The van der Waals surface area contributed by atoms with Crippen LogP contribution in [0, 0.1) is 12.3 Å². The molecule has 1 atom stereocenters. The van der Waals surface area contributed by atoms with Gasteiger partial charge in [0.15, 0.2) is 0 Å². The zero-order valence-electron chi connectivity index (χ0n) is 15.6. The van der Waals surface area contributed by atoms with Crippen LogP contribution < -0.4 is 10.2 Å². The van der Waals surface area contributed by atoms with Crippen LogP contribution in [0.1, 0.15) is 37.3 Å². The fourth-order valence-corrected chi connectivity index (χ4v) is 3.95. The number of nitrogens with zero attached hydrogens (tertiary/aromatic N) is 1. The number of carbonyl (C=O) groups is 2. The molecule has 2 aromatic carbocycles. The molecule has 2 aromatic rings. The molecule has 1 N–H and O–H groups in total. The molecule has 1 fully saturated rings. The smallest absolute Gasteiger partial charge is 0.238 e. The van der Waals surface area contributed by atoms with Crippen molar-refractivity contribution >= 4 is 35.0 Å². The predicted octanol–water partition coefficient (Wildman–Crippen LogP) is 4.76. The van der Waals surface area contributed by atoms with Gasteiger partial charge in [-0.05, 0) is 42.3 Å². The van der Waals surface area contributed by atoms with Crippen molar-refractivity contribution in [2.24, 2.45) is 5.41 Å². The van der Waals surface area contributed by atoms with Crippen LogP contribution in [0.3, 0.4) is 0 Å². The van der Waals surface area contributed by atoms with E-state index in [2.05, 4.69) is 5.32 Å². The predicted molar refractivity (Wildman–Crippen MR) is 108 cm³/mol. The van der Waals surface area contributed by atoms with Gasteiger partial charge in [-0.3, -0.25) is 14.5 Å². The molecule has 0 unspecified atom stereocenters. The summed E-state index contributed by atoms with van der Waals surface area (Å²) in [6, 6.07) is 15.8. The molecule has 1 saturated heterocycles. The third kappa shape index (κ3) is 3.93. The Labute approximate surface area is 159 Å². The molecule has 5 heteroatoms. The van der Waals surface area contributed by atoms with E-state index in [0.29, 0.717) is 5.75 Å². The van der Waals surface area contributed by atoms with Gasteiger partial charge in [-0.15, -0.1) is 11.8 Å². The second kappa shape index (κ2) is 7.16. The summed E-state index contributed by atoms with van der Waals surface area (Å²) in [5, 5.41) is 2.89. The minimum absolute atomic E-state index is 0.0166. The number of rotatable bonds is 3. The summed E-state index contributed by atoms with van der Waals surface area (Å²) in [4.78, 5) is 26.4. The molecule has 0 aliphatic carbocycles. The van der Waals surface area contributed by atoms with Gasteiger partial charge in [0, 0.05) is 16.8 Å². The van der Waals surface area contributed by atoms with Crippen molar-refractivity contribution in [3.8, 4) is 0 Å². The van der Waals surface area contributed by atoms with Gasteiger partial charge in [0.25, 0.3) is 0 Å². The Bertz CT molecular complexity index is 825. The van der Waals surface area contributed by atoms with Gasteiger partial charge in [0.2, 0.25) is 11.8 Å². The molecule has 0 aromatic heterocycles. The van der Waals surface area contributed by atoms with Crippen molar-refractivity contribution in [3.05, 3.63) is 59.7 Å². The van der Waals surface area contributed by atoms with E-state index in [1.54, 1.807) is 11.8 Å². The number of amides is 2. The highest BCUT2D eigenvalue weighted by molar-refractivity contribution is 8.00. The average Bonchev–Trinajstić information content (AvgIpc) is 2.96. The number of benzene rings is 2. The van der Waals surface area contributed by atoms with Crippen LogP contribution in [-0.4, -0.2) is 17.6 Å². The zero-order chi connectivity index (χ0) is 18.9. The monoisotopic (exact) mass is 368 g/mol. The van der Waals surface area contributed by atoms with Crippen LogP contribution in [0.2, 0.25) is 0 Å². The lowest BCUT2D eigenvalue weighted by molar-refractivity contribution is -0.123. The van der Waals surface area contributed by atoms with Gasteiger partial charge < -0.3 is 5.32 Å². The molecule has 0 saturated carbocycles. The number of carbonyl (C=O) groups excluding carboxylic acids is 2. The Hall–Kier alpha value is -2.27. The van der Waals surface area contributed by atoms with Gasteiger partial charge in [-0.1, -0.05) is 45.0 Å². The molecule has 1 aliphatic heterocycles. The average molecular weight is 369 g/mol. The van der Waals surface area contributed by atoms with Crippen LogP contribution in [0.5, 0.6) is 0 Å². The number of aryl methyl sites for hydroxylation is 1. The second-order valence-electron chi connectivity index (χ2n) is 7.59. The van der Waals surface area contributed by atoms with Crippen molar-refractivity contribution < 1.29 is 9.59 Å². The van der Waals surface area contributed by atoms with E-state index >= 15 is 0 Å². The standard InChI is InChI=1S/C21H24N2O2S/c1-14-6-5-7-17(12-14)23-18(24)13-26-19(23)15-8-10-16(11-9-15)22-20(25)21(2,3)4/h5-12,19H,13H2,1-4H3,(H,22,25)/t19-/m1/s1. The summed E-state index contributed by atoms with van der Waals surface area (Å²) in [6.07, 6.45) is 0. The van der Waals surface area contributed by atoms with E-state index in [4.69, 9.17) is 0 Å². The quantitative estimate of drug-likeness (QED) is 0.850. The first-order chi connectivity index (χ1) is 12.3. The largest absolute Gasteiger partial charge is 0.326 e. The lowest BCUT2D eigenvalue weighted by atomic mass is 9.95. The minimum atomic E-state index is -0.436. The van der Waals surface area contributed by atoms with E-state index in [1.165, 1.54) is 0 Å². The molecule has 136 valence electrons. The number of hydrogen-bond donors (Lipinski definition) is 1. The van der Waals surface area contributed by atoms with Gasteiger partial charge in [0.1, 0.15) is 5.37 Å². The first-order valence-electron chi connectivity index (χ1n) is 8.67. The molecule has 0 radical (unpaired) electrons. The van der Waals surface area contributed by atoms with Crippen LogP contribution in [-0.2, 0) is 9.59 Å². The van der Waals surface area contributed by atoms with E-state index < -0.39 is 5.41 Å². The summed E-state index contributed by atoms with van der Waals surface area (Å²) < 4.78 is 0. The topological polar surface area (TPSA) is 49.4 Å². The van der Waals surface area contributed by atoms with Crippen molar-refractivity contribution in [2.45, 2.75) is 33.1 Å². The SMILES string of the molecule is Cc1cccc(N2C(=O)CS[C@@H]2c2ccc(NC(=O)C(C)(C)C)cc2)c1. The first kappa shape index (κ1) is 18.5. The maximum Gasteiger partial charge on any atom is 0.238 e. The van der Waals surface area contributed by atoms with E-state index in [0.717, 1.165) is 22.5 Å². The Morgan fingerprint density at radius 1 is 1.15 bits per heavy atom. The molecular formula is C21H24N2O2S. The van der Waals surface area contributed by atoms with E-state index in [-0.39, 0.29) is 17.2 Å². The molecule has 3 rings (SSSR count). The lowest BCUT2D eigenvalue weighted by Crippen LogP contribution is -2.28. The molecule has 26 heavy (non-hydrogen) atoms. The van der Waals surface area contributed by atoms with Gasteiger partial charge in [-0.2, -0.15) is 0 Å². The summed E-state index contributed by atoms with van der Waals surface area (Å²) in [7, 11) is 0. The highest BCUT2D eigenvalue weighted by Gasteiger charge is 2.34. The number of thioether (sulfide) groups is 1. The molecule has 4 nitrogen and oxygen atoms in total. The fourth-order valence-electron chi connectivity index (χ4n) is 2.78. The van der Waals surface area contributed by atoms with Gasteiger partial charge >= 0.3 is 0 Å². The van der Waals surface area contributed by atoms with Gasteiger partial charge in [0.05, 0.1) is 5.75 Å². The molecule has 2 amide bonds. The first-order valence-corrected chi connectivity index (χ1v) is 9.72. The Balaban J connectivity index is 1.82. The Morgan fingerprint density at radius 2 is 1.85 bits per heavy atom. The number of nitrogens with one attached hydrogen (secondary N) is 1. The van der Waals surface area contributed by atoms with Crippen molar-refractivity contribution in [2.75, 3.05) is 16.0 Å². The summed E-state index contributed by atoms with van der Waals surface area (Å²) in [5.41, 5.74) is 3.44. The van der Waals surface area contributed by atoms with Crippen molar-refractivity contribution in [1.29, 1.82) is 0 Å². The third-order valence-corrected chi connectivity index (χ3v) is 5.49. The van der Waals surface area contributed by atoms with E-state index in [1.807, 2.05) is 81.1 Å². The number of anilines is 2. The van der Waals surface area contributed by atoms with E-state index in [9.17, 15) is 9.59 Å². The zero-order valence-corrected chi connectivity index (χ0v) is 16.4. The van der Waals surface area contributed by atoms with Crippen molar-refractivity contribution in [1.82, 2.24) is 0 Å². The molecular weight excluding hydrogens is 344 g/mol. The van der Waals surface area contributed by atoms with Gasteiger partial charge in [-0.25, -0.2) is 0 Å². The fraction of sp³-hybridized carbons (Fsp3) is 0.333. The minimum Gasteiger partial charge on any atom is -0.326 e. The molecule has 1 heterocycles. The molecule has 0 bridgehead atoms. The summed E-state index contributed by atoms with van der Waals surface area (Å²) in [5.74, 6) is 0.578. The normalized spacial score (nSPS) is 17.5.